The minimum absolute atomic E-state index is 0. The summed E-state index contributed by atoms with van der Waals surface area (Å²) in [5, 5.41) is 8.25. The molecule has 0 amide bonds. The number of hydrogen-bond donors (Lipinski definition) is 2. The smallest absolute Gasteiger partial charge is 0.554 e. The van der Waals surface area contributed by atoms with E-state index in [0.29, 0.717) is 0 Å². The van der Waals surface area contributed by atoms with Crippen LogP contribution in [0.3, 0.4) is 0 Å². The molecule has 0 spiro atoms. The Morgan fingerprint density at radius 1 is 1.20 bits per heavy atom. The van der Waals surface area contributed by atoms with Gasteiger partial charge in [-0.05, 0) is 0 Å². The van der Waals surface area contributed by atoms with Crippen molar-refractivity contribution in [2.24, 2.45) is 0 Å². The first kappa shape index (κ1) is 17.0. The van der Waals surface area contributed by atoms with Gasteiger partial charge in [-0.1, -0.05) is 0 Å². The number of hydrogen-bond acceptors (Lipinski definition) is 4. The third-order valence-corrected chi connectivity index (χ3v) is 1.10. The van der Waals surface area contributed by atoms with Crippen molar-refractivity contribution in [2.45, 2.75) is 0 Å². The number of rotatable bonds is 1. The van der Waals surface area contributed by atoms with Crippen molar-refractivity contribution >= 4 is 26.7 Å². The van der Waals surface area contributed by atoms with Gasteiger partial charge >= 0.3 is 29.6 Å². The van der Waals surface area contributed by atoms with Gasteiger partial charge in [0.2, 0.25) is 0 Å². The van der Waals surface area contributed by atoms with Crippen molar-refractivity contribution in [1.82, 2.24) is 0 Å². The monoisotopic (exact) mass is 198 g/mol. The van der Waals surface area contributed by atoms with Crippen LogP contribution in [-0.2, 0) is 25.0 Å². The van der Waals surface area contributed by atoms with Gasteiger partial charge in [-0.15, -0.1) is 0 Å². The quantitative estimate of drug-likeness (QED) is 0.188. The van der Waals surface area contributed by atoms with Gasteiger partial charge in [-0.3, -0.25) is 9.11 Å². The third-order valence-electron chi connectivity index (χ3n) is 0.122. The van der Waals surface area contributed by atoms with Crippen molar-refractivity contribution in [2.75, 3.05) is 0 Å². The molecule has 2 atom stereocenters. The average molecular weight is 198 g/mol. The predicted molar refractivity (Wildman–Crippen MR) is 27.6 cm³/mol. The molecule has 0 fully saturated rings. The second kappa shape index (κ2) is 12.4. The summed E-state index contributed by atoms with van der Waals surface area (Å²) in [6.07, 6.45) is 0. The van der Waals surface area contributed by atoms with E-state index in [1.54, 1.807) is 0 Å². The first-order valence-corrected chi connectivity index (χ1v) is 4.07. The molecule has 0 saturated heterocycles. The predicted octanol–water partition coefficient (Wildman–Crippen LogP) is -5.29. The van der Waals surface area contributed by atoms with Crippen LogP contribution < -0.4 is 34.7 Å². The largest absolute Gasteiger partial charge is 1.00 e. The molecule has 0 aromatic heterocycles. The van der Waals surface area contributed by atoms with Crippen molar-refractivity contribution in [3.8, 4) is 0 Å². The van der Waals surface area contributed by atoms with Crippen LogP contribution in [0.1, 0.15) is 0 Å². The van der Waals surface area contributed by atoms with Crippen LogP contribution in [0.4, 0.5) is 0 Å². The van der Waals surface area contributed by atoms with Crippen LogP contribution in [0.15, 0.2) is 0 Å². The summed E-state index contributed by atoms with van der Waals surface area (Å²) in [6.45, 7) is -0.500. The van der Waals surface area contributed by atoms with Gasteiger partial charge in [-0.2, -0.15) is 0 Å². The van der Waals surface area contributed by atoms with E-state index in [-0.39, 0.29) is 29.6 Å². The van der Waals surface area contributed by atoms with E-state index in [4.69, 9.17) is 19.0 Å². The van der Waals surface area contributed by atoms with Gasteiger partial charge in [0.1, 0.15) is 0 Å². The Kier molecular flexibility index (Phi) is 21.0. The summed E-state index contributed by atoms with van der Waals surface area (Å²) >= 11 is 0. The Balaban J connectivity index is -0.000000107. The number of carbonyl (C=O) groups excluding carboxylic acids is 1. The van der Waals surface area contributed by atoms with Crippen molar-refractivity contribution in [3.05, 3.63) is 0 Å². The Morgan fingerprint density at radius 2 is 1.30 bits per heavy atom. The van der Waals surface area contributed by atoms with Crippen LogP contribution >= 0.6 is 0 Å². The van der Waals surface area contributed by atoms with Crippen molar-refractivity contribution in [3.63, 3.8) is 0 Å². The van der Waals surface area contributed by atoms with Crippen molar-refractivity contribution < 1.29 is 57.0 Å². The van der Waals surface area contributed by atoms with Crippen LogP contribution in [0, 0.1) is 0 Å². The van der Waals surface area contributed by atoms with Crippen molar-refractivity contribution in [1.29, 1.82) is 0 Å². The maximum Gasteiger partial charge on any atom is 1.00 e. The maximum atomic E-state index is 9.26. The molecule has 0 rings (SSSR count). The zero-order valence-electron chi connectivity index (χ0n) is 4.92. The second-order valence-electron chi connectivity index (χ2n) is 0.530. The molecule has 2 unspecified atom stereocenters. The summed E-state index contributed by atoms with van der Waals surface area (Å²) in [6, 6.07) is 0. The number of carbonyl (C=O) groups is 1. The van der Waals surface area contributed by atoms with Crippen LogP contribution in [-0.4, -0.2) is 24.0 Å². The van der Waals surface area contributed by atoms with Crippen LogP contribution in [0.2, 0.25) is 0 Å². The molecule has 56 valence electrons. The molecule has 0 aromatic carbocycles. The summed E-state index contributed by atoms with van der Waals surface area (Å²) in [4.78, 5) is 8.25. The Labute approximate surface area is 83.3 Å². The molecule has 0 aromatic rings. The fourth-order valence-electron chi connectivity index (χ4n) is 0. The summed E-state index contributed by atoms with van der Waals surface area (Å²) < 4.78 is 33.6. The molecule has 0 radical (unpaired) electrons. The van der Waals surface area contributed by atoms with Gasteiger partial charge in [0.15, 0.2) is 0 Å². The van der Waals surface area contributed by atoms with E-state index in [1.807, 2.05) is 0 Å². The van der Waals surface area contributed by atoms with E-state index in [0.717, 1.165) is 0 Å². The standard InChI is InChI=1S/CH2O2.Na.H2O4S2/c2-1-3;;1-5(2)6(3)4/h1H,(H,2,3);;(H,1,2)(H,3,4)/q;+1;/p-1. The zero-order valence-corrected chi connectivity index (χ0v) is 8.55. The summed E-state index contributed by atoms with van der Waals surface area (Å²) in [7, 11) is -5.18. The average Bonchev–Trinajstić information content (AvgIpc) is 1.68. The molecule has 6 nitrogen and oxygen atoms in total. The minimum Gasteiger partial charge on any atom is -0.554 e. The Hall–Kier alpha value is 0.690. The molecular weight excluding hydrogens is 195 g/mol. The maximum absolute atomic E-state index is 9.26. The van der Waals surface area contributed by atoms with E-state index in [1.165, 1.54) is 0 Å². The first-order valence-electron chi connectivity index (χ1n) is 1.34. The van der Waals surface area contributed by atoms with Gasteiger partial charge in [0.25, 0.3) is 20.2 Å². The van der Waals surface area contributed by atoms with E-state index >= 15 is 0 Å². The molecule has 2 N–H and O–H groups in total. The fourth-order valence-corrected chi connectivity index (χ4v) is 0. The molecule has 0 bridgehead atoms. The first-order chi connectivity index (χ1) is 4.06. The van der Waals surface area contributed by atoms with Gasteiger partial charge in [0, 0.05) is 6.47 Å². The van der Waals surface area contributed by atoms with Crippen LogP contribution in [0.5, 0.6) is 0 Å². The SMILES string of the molecule is O=C[O-].O=S(O)S(=O)O.[Na+]. The molecule has 10 heavy (non-hydrogen) atoms. The Morgan fingerprint density at radius 3 is 1.30 bits per heavy atom. The van der Waals surface area contributed by atoms with E-state index in [9.17, 15) is 8.42 Å². The fraction of sp³-hybridized carbons (Fsp3) is 0. The molecule has 0 aliphatic carbocycles. The minimum atomic E-state index is -2.59. The van der Waals surface area contributed by atoms with E-state index < -0.39 is 26.7 Å². The van der Waals surface area contributed by atoms with E-state index in [2.05, 4.69) is 0 Å². The van der Waals surface area contributed by atoms with Gasteiger partial charge < -0.3 is 9.90 Å². The molecule has 9 heteroatoms. The third kappa shape index (κ3) is 23.4. The molecular formula is CH3NaO6S2. The zero-order chi connectivity index (χ0) is 7.86. The van der Waals surface area contributed by atoms with Gasteiger partial charge in [0.05, 0.1) is 0 Å². The number of carboxylic acid groups (broad SMARTS) is 1. The Bertz CT molecular complexity index is 111. The molecule has 0 aliphatic heterocycles. The molecule has 0 heterocycles. The second-order valence-corrected chi connectivity index (χ2v) is 3.11. The van der Waals surface area contributed by atoms with Gasteiger partial charge in [-0.25, -0.2) is 8.42 Å². The summed E-state index contributed by atoms with van der Waals surface area (Å²) in [5.41, 5.74) is 0. The molecule has 0 saturated carbocycles. The normalized spacial score (nSPS) is 13.0. The topological polar surface area (TPSA) is 115 Å². The van der Waals surface area contributed by atoms with Crippen LogP contribution in [0.25, 0.3) is 0 Å². The summed E-state index contributed by atoms with van der Waals surface area (Å²) in [5.74, 6) is 0. The molecule has 0 aliphatic rings.